The molecule has 0 aliphatic heterocycles. The molecule has 0 saturated carbocycles. The summed E-state index contributed by atoms with van der Waals surface area (Å²) in [5.41, 5.74) is 2.77. The average molecular weight is 265 g/mol. The number of pyridine rings is 1. The van der Waals surface area contributed by atoms with Crippen LogP contribution in [-0.2, 0) is 6.54 Å². The van der Waals surface area contributed by atoms with E-state index >= 15 is 0 Å². The molecule has 3 heterocycles. The molecule has 0 saturated heterocycles. The largest absolute Gasteiger partial charge is 0.341 e. The molecule has 4 aromatic rings. The van der Waals surface area contributed by atoms with Gasteiger partial charge in [0.25, 0.3) is 0 Å². The van der Waals surface area contributed by atoms with Crippen molar-refractivity contribution in [3.63, 3.8) is 0 Å². The molecular weight excluding hydrogens is 253 g/mol. The number of nitrogens with zero attached hydrogens (tertiary/aromatic N) is 3. The first-order valence-electron chi connectivity index (χ1n) is 6.47. The summed E-state index contributed by atoms with van der Waals surface area (Å²) in [6, 6.07) is 12.7. The quantitative estimate of drug-likeness (QED) is 0.544. The molecule has 0 bridgehead atoms. The van der Waals surface area contributed by atoms with E-state index in [1.807, 2.05) is 51.8 Å². The summed E-state index contributed by atoms with van der Waals surface area (Å²) in [7, 11) is 0. The summed E-state index contributed by atoms with van der Waals surface area (Å²) in [6.07, 6.45) is 5.94. The van der Waals surface area contributed by atoms with E-state index in [1.165, 1.54) is 6.07 Å². The standard InChI is InChI=1S/C16H12FN3/c17-13-5-4-12-6-8-19(15(12)9-13)10-14-11-20-7-2-1-3-16(20)18-14/h1-9,11H,10H2. The van der Waals surface area contributed by atoms with Crippen molar-refractivity contribution in [1.29, 1.82) is 0 Å². The van der Waals surface area contributed by atoms with Gasteiger partial charge in [-0.05, 0) is 41.8 Å². The maximum atomic E-state index is 13.4. The second kappa shape index (κ2) is 4.20. The minimum absolute atomic E-state index is 0.215. The minimum atomic E-state index is -0.215. The number of hydrogen-bond acceptors (Lipinski definition) is 1. The van der Waals surface area contributed by atoms with Gasteiger partial charge < -0.3 is 8.97 Å². The second-order valence-corrected chi connectivity index (χ2v) is 4.85. The Balaban J connectivity index is 1.78. The van der Waals surface area contributed by atoms with Gasteiger partial charge in [0.05, 0.1) is 17.8 Å². The molecule has 98 valence electrons. The van der Waals surface area contributed by atoms with Gasteiger partial charge >= 0.3 is 0 Å². The summed E-state index contributed by atoms with van der Waals surface area (Å²) in [5, 5.41) is 1.04. The summed E-state index contributed by atoms with van der Waals surface area (Å²) in [4.78, 5) is 4.57. The van der Waals surface area contributed by atoms with E-state index in [-0.39, 0.29) is 5.82 Å². The maximum absolute atomic E-state index is 13.4. The first-order chi connectivity index (χ1) is 9.79. The van der Waals surface area contributed by atoms with Crippen LogP contribution in [0.2, 0.25) is 0 Å². The van der Waals surface area contributed by atoms with Crippen molar-refractivity contribution in [2.24, 2.45) is 0 Å². The van der Waals surface area contributed by atoms with Crippen LogP contribution in [-0.4, -0.2) is 14.0 Å². The monoisotopic (exact) mass is 265 g/mol. The fraction of sp³-hybridized carbons (Fsp3) is 0.0625. The Labute approximate surface area is 114 Å². The normalized spacial score (nSPS) is 11.4. The predicted octanol–water partition coefficient (Wildman–Crippen LogP) is 3.48. The van der Waals surface area contributed by atoms with Crippen molar-refractivity contribution in [3.8, 4) is 0 Å². The van der Waals surface area contributed by atoms with Gasteiger partial charge in [-0.1, -0.05) is 6.07 Å². The number of benzene rings is 1. The van der Waals surface area contributed by atoms with Crippen LogP contribution in [0.15, 0.2) is 61.1 Å². The molecule has 0 atom stereocenters. The van der Waals surface area contributed by atoms with Gasteiger partial charge in [-0.15, -0.1) is 0 Å². The van der Waals surface area contributed by atoms with Gasteiger partial charge in [-0.3, -0.25) is 0 Å². The molecule has 4 heteroatoms. The van der Waals surface area contributed by atoms with E-state index < -0.39 is 0 Å². The number of aromatic nitrogens is 3. The highest BCUT2D eigenvalue weighted by atomic mass is 19.1. The highest BCUT2D eigenvalue weighted by Crippen LogP contribution is 2.18. The fourth-order valence-corrected chi connectivity index (χ4v) is 2.53. The zero-order valence-electron chi connectivity index (χ0n) is 10.7. The molecule has 3 nitrogen and oxygen atoms in total. The molecule has 1 aromatic carbocycles. The molecule has 4 rings (SSSR count). The van der Waals surface area contributed by atoms with E-state index in [1.54, 1.807) is 12.1 Å². The van der Waals surface area contributed by atoms with Crippen molar-refractivity contribution in [1.82, 2.24) is 14.0 Å². The van der Waals surface area contributed by atoms with Crippen LogP contribution in [0.3, 0.4) is 0 Å². The Bertz CT molecular complexity index is 871. The Morgan fingerprint density at radius 3 is 2.90 bits per heavy atom. The van der Waals surface area contributed by atoms with Gasteiger partial charge in [-0.25, -0.2) is 9.37 Å². The highest BCUT2D eigenvalue weighted by molar-refractivity contribution is 5.80. The minimum Gasteiger partial charge on any atom is -0.341 e. The first-order valence-corrected chi connectivity index (χ1v) is 6.47. The predicted molar refractivity (Wildman–Crippen MR) is 76.2 cm³/mol. The lowest BCUT2D eigenvalue weighted by molar-refractivity contribution is 0.628. The third-order valence-electron chi connectivity index (χ3n) is 3.48. The summed E-state index contributed by atoms with van der Waals surface area (Å²) < 4.78 is 17.4. The lowest BCUT2D eigenvalue weighted by Gasteiger charge is -2.02. The Kier molecular flexibility index (Phi) is 2.36. The lowest BCUT2D eigenvalue weighted by atomic mass is 10.2. The fourth-order valence-electron chi connectivity index (χ4n) is 2.53. The topological polar surface area (TPSA) is 22.2 Å². The molecule has 0 fully saturated rings. The van der Waals surface area contributed by atoms with Crippen LogP contribution in [0, 0.1) is 5.82 Å². The molecule has 3 aromatic heterocycles. The maximum Gasteiger partial charge on any atom is 0.137 e. The Hall–Kier alpha value is -2.62. The number of imidazole rings is 1. The number of fused-ring (bicyclic) bond motifs is 2. The van der Waals surface area contributed by atoms with Crippen LogP contribution in [0.25, 0.3) is 16.6 Å². The van der Waals surface area contributed by atoms with Crippen LogP contribution in [0.5, 0.6) is 0 Å². The number of hydrogen-bond donors (Lipinski definition) is 0. The lowest BCUT2D eigenvalue weighted by Crippen LogP contribution is -1.98. The Morgan fingerprint density at radius 2 is 2.00 bits per heavy atom. The van der Waals surface area contributed by atoms with Crippen LogP contribution in [0.1, 0.15) is 5.69 Å². The Morgan fingerprint density at radius 1 is 1.05 bits per heavy atom. The van der Waals surface area contributed by atoms with E-state index in [0.29, 0.717) is 6.54 Å². The number of rotatable bonds is 2. The average Bonchev–Trinajstić information content (AvgIpc) is 3.03. The zero-order valence-corrected chi connectivity index (χ0v) is 10.7. The van der Waals surface area contributed by atoms with Crippen LogP contribution >= 0.6 is 0 Å². The van der Waals surface area contributed by atoms with Crippen LogP contribution < -0.4 is 0 Å². The van der Waals surface area contributed by atoms with E-state index in [9.17, 15) is 4.39 Å². The summed E-state index contributed by atoms with van der Waals surface area (Å²) >= 11 is 0. The molecule has 0 aliphatic carbocycles. The second-order valence-electron chi connectivity index (χ2n) is 4.85. The smallest absolute Gasteiger partial charge is 0.137 e. The van der Waals surface area contributed by atoms with E-state index in [2.05, 4.69) is 4.98 Å². The molecular formula is C16H12FN3. The van der Waals surface area contributed by atoms with E-state index in [4.69, 9.17) is 0 Å². The highest BCUT2D eigenvalue weighted by Gasteiger charge is 2.06. The van der Waals surface area contributed by atoms with Crippen molar-refractivity contribution in [3.05, 3.63) is 72.6 Å². The number of halogens is 1. The molecule has 20 heavy (non-hydrogen) atoms. The zero-order chi connectivity index (χ0) is 13.5. The van der Waals surface area contributed by atoms with E-state index in [0.717, 1.165) is 22.2 Å². The van der Waals surface area contributed by atoms with Gasteiger partial charge in [-0.2, -0.15) is 0 Å². The first kappa shape index (κ1) is 11.2. The van der Waals surface area contributed by atoms with Crippen LogP contribution in [0.4, 0.5) is 4.39 Å². The molecule has 0 unspecified atom stereocenters. The van der Waals surface area contributed by atoms with Crippen molar-refractivity contribution >= 4 is 16.6 Å². The van der Waals surface area contributed by atoms with Gasteiger partial charge in [0.2, 0.25) is 0 Å². The molecule has 0 N–H and O–H groups in total. The third kappa shape index (κ3) is 1.77. The van der Waals surface area contributed by atoms with Gasteiger partial charge in [0.1, 0.15) is 11.5 Å². The molecule has 0 radical (unpaired) electrons. The molecule has 0 aliphatic rings. The summed E-state index contributed by atoms with van der Waals surface area (Å²) in [6.45, 7) is 0.634. The SMILES string of the molecule is Fc1ccc2ccn(Cc3cn4ccccc4n3)c2c1. The van der Waals surface area contributed by atoms with Crippen molar-refractivity contribution in [2.75, 3.05) is 0 Å². The summed E-state index contributed by atoms with van der Waals surface area (Å²) in [5.74, 6) is -0.215. The molecule has 0 amide bonds. The van der Waals surface area contributed by atoms with Gasteiger partial charge in [0, 0.05) is 18.6 Å². The van der Waals surface area contributed by atoms with Crippen molar-refractivity contribution < 1.29 is 4.39 Å². The van der Waals surface area contributed by atoms with Gasteiger partial charge in [0.15, 0.2) is 0 Å². The molecule has 0 spiro atoms. The third-order valence-corrected chi connectivity index (χ3v) is 3.48. The van der Waals surface area contributed by atoms with Crippen molar-refractivity contribution in [2.45, 2.75) is 6.54 Å².